The standard InChI is InChI=1S/C32H70NO3Si.ClH/c1-7-12-17-19-21-23-26-33(6,27-24-22-20-18-13-8-2)28-25-32-37(34-29-14-9-3,35-30-15-10-4)36-31-16-11-5;/h7-32H2,1-6H3;1H/q+1;/p-1. The van der Waals surface area contributed by atoms with E-state index in [1.54, 1.807) is 0 Å². The summed E-state index contributed by atoms with van der Waals surface area (Å²) in [6.45, 7) is 17.5. The van der Waals surface area contributed by atoms with Crippen LogP contribution in [0.25, 0.3) is 0 Å². The Kier molecular flexibility index (Phi) is 30.7. The third-order valence-electron chi connectivity index (χ3n) is 7.74. The fourth-order valence-electron chi connectivity index (χ4n) is 5.02. The van der Waals surface area contributed by atoms with E-state index < -0.39 is 8.80 Å². The highest BCUT2D eigenvalue weighted by Gasteiger charge is 2.41. The van der Waals surface area contributed by atoms with Crippen LogP contribution in [0.4, 0.5) is 0 Å². The molecule has 0 fully saturated rings. The molecule has 0 heterocycles. The molecule has 0 bridgehead atoms. The van der Waals surface area contributed by atoms with Crippen LogP contribution in [0.1, 0.15) is 157 Å². The van der Waals surface area contributed by atoms with Crippen LogP contribution < -0.4 is 12.4 Å². The molecule has 0 N–H and O–H groups in total. The fraction of sp³-hybridized carbons (Fsp3) is 1.00. The van der Waals surface area contributed by atoms with Crippen molar-refractivity contribution in [1.82, 2.24) is 0 Å². The molecule has 0 radical (unpaired) electrons. The topological polar surface area (TPSA) is 27.7 Å². The molecular formula is C32H70ClNO3Si. The molecule has 0 saturated carbocycles. The van der Waals surface area contributed by atoms with Crippen LogP contribution in [0, 0.1) is 0 Å². The second-order valence-corrected chi connectivity index (χ2v) is 14.5. The summed E-state index contributed by atoms with van der Waals surface area (Å²) in [5, 5.41) is 0. The van der Waals surface area contributed by atoms with Crippen molar-refractivity contribution in [2.24, 2.45) is 0 Å². The lowest BCUT2D eigenvalue weighted by Crippen LogP contribution is -3.00. The number of rotatable bonds is 30. The Morgan fingerprint density at radius 1 is 0.421 bits per heavy atom. The maximum absolute atomic E-state index is 6.54. The van der Waals surface area contributed by atoms with E-state index in [0.29, 0.717) is 0 Å². The number of hydrogen-bond donors (Lipinski definition) is 0. The van der Waals surface area contributed by atoms with Crippen molar-refractivity contribution in [1.29, 1.82) is 0 Å². The summed E-state index contributed by atoms with van der Waals surface area (Å²) in [6, 6.07) is 0.977. The van der Waals surface area contributed by atoms with E-state index in [-0.39, 0.29) is 12.4 Å². The van der Waals surface area contributed by atoms with E-state index in [4.69, 9.17) is 13.3 Å². The lowest BCUT2D eigenvalue weighted by molar-refractivity contribution is -0.910. The first-order valence-corrected chi connectivity index (χ1v) is 18.7. The molecule has 0 amide bonds. The van der Waals surface area contributed by atoms with E-state index in [1.807, 2.05) is 0 Å². The van der Waals surface area contributed by atoms with Gasteiger partial charge in [-0.05, 0) is 44.9 Å². The Hall–Kier alpha value is 0.347. The maximum Gasteiger partial charge on any atom is 0.501 e. The monoisotopic (exact) mass is 579 g/mol. The first-order valence-electron chi connectivity index (χ1n) is 16.8. The van der Waals surface area contributed by atoms with Gasteiger partial charge in [-0.2, -0.15) is 0 Å². The van der Waals surface area contributed by atoms with E-state index >= 15 is 0 Å². The van der Waals surface area contributed by atoms with Crippen LogP contribution in [0.5, 0.6) is 0 Å². The van der Waals surface area contributed by atoms with Crippen molar-refractivity contribution in [2.45, 2.75) is 163 Å². The summed E-state index contributed by atoms with van der Waals surface area (Å²) >= 11 is 0. The van der Waals surface area contributed by atoms with Gasteiger partial charge in [-0.15, -0.1) is 0 Å². The number of quaternary nitrogens is 1. The number of unbranched alkanes of at least 4 members (excludes halogenated alkanes) is 13. The summed E-state index contributed by atoms with van der Waals surface area (Å²) in [4.78, 5) is 0. The summed E-state index contributed by atoms with van der Waals surface area (Å²) in [7, 11) is -0.100. The van der Waals surface area contributed by atoms with Crippen molar-refractivity contribution >= 4 is 8.80 Å². The van der Waals surface area contributed by atoms with Crippen molar-refractivity contribution in [3.8, 4) is 0 Å². The lowest BCUT2D eigenvalue weighted by Gasteiger charge is -2.36. The van der Waals surface area contributed by atoms with Gasteiger partial charge in [0.05, 0.1) is 26.7 Å². The molecule has 0 aliphatic heterocycles. The van der Waals surface area contributed by atoms with Gasteiger partial charge in [-0.3, -0.25) is 0 Å². The average Bonchev–Trinajstić information content (AvgIpc) is 2.89. The molecule has 0 saturated heterocycles. The van der Waals surface area contributed by atoms with E-state index in [0.717, 1.165) is 70.8 Å². The zero-order chi connectivity index (χ0) is 27.5. The van der Waals surface area contributed by atoms with Crippen molar-refractivity contribution in [2.75, 3.05) is 46.5 Å². The maximum atomic E-state index is 6.54. The smallest absolute Gasteiger partial charge is 0.501 e. The fourth-order valence-corrected chi connectivity index (χ4v) is 7.66. The molecule has 4 nitrogen and oxygen atoms in total. The van der Waals surface area contributed by atoms with Crippen molar-refractivity contribution in [3.63, 3.8) is 0 Å². The molecule has 0 aliphatic rings. The van der Waals surface area contributed by atoms with Gasteiger partial charge in [0, 0.05) is 32.3 Å². The SMILES string of the molecule is CCCCCCCC[N+](C)(CCCCCCCC)CCC[Si](OCCCC)(OCCCC)OCCCC.[Cl-]. The molecule has 0 spiro atoms. The minimum Gasteiger partial charge on any atom is -1.00 e. The first-order chi connectivity index (χ1) is 18.0. The van der Waals surface area contributed by atoms with Gasteiger partial charge >= 0.3 is 8.80 Å². The molecule has 0 aromatic heterocycles. The van der Waals surface area contributed by atoms with Gasteiger partial charge in [0.1, 0.15) is 0 Å². The molecule has 0 aromatic rings. The molecule has 0 aromatic carbocycles. The van der Waals surface area contributed by atoms with E-state index in [2.05, 4.69) is 41.7 Å². The van der Waals surface area contributed by atoms with Crippen LogP contribution >= 0.6 is 0 Å². The predicted molar refractivity (Wildman–Crippen MR) is 165 cm³/mol. The Balaban J connectivity index is 0. The first kappa shape index (κ1) is 40.5. The zero-order valence-electron chi connectivity index (χ0n) is 26.9. The minimum atomic E-state index is -2.62. The van der Waals surface area contributed by atoms with Gasteiger partial charge in [-0.1, -0.05) is 105 Å². The molecular weight excluding hydrogens is 510 g/mol. The summed E-state index contributed by atoms with van der Waals surface area (Å²) < 4.78 is 20.8. The average molecular weight is 580 g/mol. The highest BCUT2D eigenvalue weighted by Crippen LogP contribution is 2.23. The highest BCUT2D eigenvalue weighted by atomic mass is 35.5. The Labute approximate surface area is 247 Å². The third kappa shape index (κ3) is 23.1. The second-order valence-electron chi connectivity index (χ2n) is 11.7. The van der Waals surface area contributed by atoms with E-state index in [1.165, 1.54) is 101 Å². The molecule has 232 valence electrons. The molecule has 0 unspecified atom stereocenters. The summed E-state index contributed by atoms with van der Waals surface area (Å²) in [5.74, 6) is 0. The molecule has 0 aliphatic carbocycles. The normalized spacial score (nSPS) is 12.2. The summed E-state index contributed by atoms with van der Waals surface area (Å²) in [5.41, 5.74) is 0. The van der Waals surface area contributed by atoms with Crippen molar-refractivity contribution in [3.05, 3.63) is 0 Å². The molecule has 0 rings (SSSR count). The number of hydrogen-bond acceptors (Lipinski definition) is 3. The van der Waals surface area contributed by atoms with Crippen LogP contribution in [0.15, 0.2) is 0 Å². The van der Waals surface area contributed by atoms with Crippen LogP contribution in [-0.2, 0) is 13.3 Å². The van der Waals surface area contributed by atoms with Crippen LogP contribution in [-0.4, -0.2) is 59.8 Å². The zero-order valence-corrected chi connectivity index (χ0v) is 28.7. The Morgan fingerprint density at radius 2 is 0.737 bits per heavy atom. The quantitative estimate of drug-likeness (QED) is 0.0524. The van der Waals surface area contributed by atoms with E-state index in [9.17, 15) is 0 Å². The van der Waals surface area contributed by atoms with Gasteiger partial charge in [0.25, 0.3) is 0 Å². The van der Waals surface area contributed by atoms with Gasteiger partial charge in [0.2, 0.25) is 0 Å². The van der Waals surface area contributed by atoms with Gasteiger partial charge in [0.15, 0.2) is 0 Å². The minimum absolute atomic E-state index is 0. The number of nitrogens with zero attached hydrogens (tertiary/aromatic N) is 1. The second kappa shape index (κ2) is 28.9. The largest absolute Gasteiger partial charge is 1.00 e. The molecule has 38 heavy (non-hydrogen) atoms. The lowest BCUT2D eigenvalue weighted by atomic mass is 10.1. The Morgan fingerprint density at radius 3 is 1.11 bits per heavy atom. The number of halogens is 1. The third-order valence-corrected chi connectivity index (χ3v) is 10.6. The predicted octanol–water partition coefficient (Wildman–Crippen LogP) is 6.94. The molecule has 0 atom stereocenters. The molecule has 6 heteroatoms. The van der Waals surface area contributed by atoms with Crippen molar-refractivity contribution < 1.29 is 30.2 Å². The van der Waals surface area contributed by atoms with Gasteiger partial charge in [-0.25, -0.2) is 0 Å². The summed E-state index contributed by atoms with van der Waals surface area (Å²) in [6.07, 6.45) is 24.5. The van der Waals surface area contributed by atoms with Crippen LogP contribution in [0.2, 0.25) is 6.04 Å². The Bertz CT molecular complexity index is 427. The van der Waals surface area contributed by atoms with Crippen LogP contribution in [0.3, 0.4) is 0 Å². The van der Waals surface area contributed by atoms with Gasteiger partial charge < -0.3 is 30.2 Å². The highest BCUT2D eigenvalue weighted by molar-refractivity contribution is 6.60.